The van der Waals surface area contributed by atoms with Crippen LogP contribution in [0, 0.1) is 5.82 Å². The summed E-state index contributed by atoms with van der Waals surface area (Å²) in [5.74, 6) is -1.49. The molecule has 1 saturated heterocycles. The van der Waals surface area contributed by atoms with E-state index in [9.17, 15) is 14.0 Å². The van der Waals surface area contributed by atoms with Gasteiger partial charge in [0.15, 0.2) is 4.32 Å². The predicted octanol–water partition coefficient (Wildman–Crippen LogP) is 4.03. The summed E-state index contributed by atoms with van der Waals surface area (Å²) < 4.78 is 13.9. The highest BCUT2D eigenvalue weighted by Crippen LogP contribution is 2.31. The molecule has 0 aromatic heterocycles. The number of benzene rings is 2. The second kappa shape index (κ2) is 7.35. The fraction of sp³-hybridized carbons (Fsp3) is 0. The molecule has 1 aliphatic rings. The molecule has 2 amide bonds. The molecule has 0 atom stereocenters. The number of amides is 2. The van der Waals surface area contributed by atoms with Gasteiger partial charge in [-0.15, -0.1) is 0 Å². The first-order valence-corrected chi connectivity index (χ1v) is 8.65. The molecule has 0 aliphatic carbocycles. The minimum absolute atomic E-state index is 0.156. The van der Waals surface area contributed by atoms with Gasteiger partial charge in [-0.2, -0.15) is 5.01 Å². The smallest absolute Gasteiger partial charge is 0.267 e. The van der Waals surface area contributed by atoms with Gasteiger partial charge in [0, 0.05) is 16.1 Å². The maximum Gasteiger partial charge on any atom is 0.285 e. The molecule has 2 aromatic rings. The van der Waals surface area contributed by atoms with Crippen molar-refractivity contribution in [2.75, 3.05) is 0 Å². The van der Waals surface area contributed by atoms with E-state index in [2.05, 4.69) is 5.43 Å². The second-order valence-electron chi connectivity index (χ2n) is 4.99. The van der Waals surface area contributed by atoms with E-state index in [0.717, 1.165) is 16.8 Å². The monoisotopic (exact) mass is 392 g/mol. The first-order valence-electron chi connectivity index (χ1n) is 7.05. The Balaban J connectivity index is 1.80. The van der Waals surface area contributed by atoms with Gasteiger partial charge in [0.1, 0.15) is 5.82 Å². The minimum Gasteiger partial charge on any atom is -0.267 e. The van der Waals surface area contributed by atoms with Crippen LogP contribution in [0.5, 0.6) is 0 Å². The Morgan fingerprint density at radius 1 is 1.24 bits per heavy atom. The SMILES string of the molecule is O=C(NN1C(=O)/C(=C\c2ccccc2F)SC1=S)c1cccc(Cl)c1. The van der Waals surface area contributed by atoms with Gasteiger partial charge in [0.2, 0.25) is 0 Å². The molecule has 1 heterocycles. The molecule has 0 unspecified atom stereocenters. The number of carbonyl (C=O) groups excluding carboxylic acids is 2. The Hall–Kier alpha value is -2.22. The molecule has 8 heteroatoms. The lowest BCUT2D eigenvalue weighted by molar-refractivity contribution is -0.123. The summed E-state index contributed by atoms with van der Waals surface area (Å²) in [6, 6.07) is 12.4. The van der Waals surface area contributed by atoms with Gasteiger partial charge in [-0.25, -0.2) is 4.39 Å². The second-order valence-corrected chi connectivity index (χ2v) is 7.10. The van der Waals surface area contributed by atoms with Crippen LogP contribution < -0.4 is 5.43 Å². The first-order chi connectivity index (χ1) is 12.0. The van der Waals surface area contributed by atoms with Crippen molar-refractivity contribution in [3.05, 3.63) is 75.4 Å². The van der Waals surface area contributed by atoms with E-state index in [1.54, 1.807) is 36.4 Å². The van der Waals surface area contributed by atoms with E-state index in [1.165, 1.54) is 18.2 Å². The van der Waals surface area contributed by atoms with Crippen molar-refractivity contribution < 1.29 is 14.0 Å². The van der Waals surface area contributed by atoms with E-state index in [0.29, 0.717) is 10.6 Å². The van der Waals surface area contributed by atoms with Crippen LogP contribution in [-0.2, 0) is 4.79 Å². The zero-order chi connectivity index (χ0) is 18.0. The number of thioether (sulfide) groups is 1. The van der Waals surface area contributed by atoms with E-state index < -0.39 is 17.6 Å². The predicted molar refractivity (Wildman–Crippen MR) is 100 cm³/mol. The molecule has 0 bridgehead atoms. The van der Waals surface area contributed by atoms with Crippen LogP contribution in [0.3, 0.4) is 0 Å². The number of hydrogen-bond acceptors (Lipinski definition) is 4. The number of hydrogen-bond donors (Lipinski definition) is 1. The molecule has 0 saturated carbocycles. The van der Waals surface area contributed by atoms with Gasteiger partial charge in [-0.05, 0) is 42.6 Å². The van der Waals surface area contributed by atoms with Gasteiger partial charge in [-0.3, -0.25) is 15.0 Å². The summed E-state index contributed by atoms with van der Waals surface area (Å²) in [6.45, 7) is 0. The Bertz CT molecular complexity index is 917. The molecule has 2 aromatic carbocycles. The number of thiocarbonyl (C=S) groups is 1. The average molecular weight is 393 g/mol. The lowest BCUT2D eigenvalue weighted by atomic mass is 10.2. The molecule has 126 valence electrons. The normalized spacial score (nSPS) is 15.8. The van der Waals surface area contributed by atoms with Crippen LogP contribution >= 0.6 is 35.6 Å². The first kappa shape index (κ1) is 17.6. The molecule has 25 heavy (non-hydrogen) atoms. The molecule has 3 rings (SSSR count). The lowest BCUT2D eigenvalue weighted by Gasteiger charge is -2.15. The topological polar surface area (TPSA) is 49.4 Å². The van der Waals surface area contributed by atoms with Crippen LogP contribution in [0.1, 0.15) is 15.9 Å². The van der Waals surface area contributed by atoms with E-state index in [-0.39, 0.29) is 14.8 Å². The molecule has 0 spiro atoms. The van der Waals surface area contributed by atoms with Crippen LogP contribution in [0.15, 0.2) is 53.4 Å². The minimum atomic E-state index is -0.522. The van der Waals surface area contributed by atoms with Crippen LogP contribution in [0.25, 0.3) is 6.08 Å². The highest BCUT2D eigenvalue weighted by atomic mass is 35.5. The molecule has 4 nitrogen and oxygen atoms in total. The molecule has 1 N–H and O–H groups in total. The van der Waals surface area contributed by atoms with E-state index >= 15 is 0 Å². The largest absolute Gasteiger partial charge is 0.285 e. The Labute approximate surface area is 157 Å². The quantitative estimate of drug-likeness (QED) is 0.633. The van der Waals surface area contributed by atoms with Gasteiger partial charge in [0.25, 0.3) is 11.8 Å². The molecular formula is C17H10ClFN2O2S2. The third-order valence-corrected chi connectivity index (χ3v) is 4.82. The number of hydrazine groups is 1. The van der Waals surface area contributed by atoms with Crippen molar-refractivity contribution in [2.45, 2.75) is 0 Å². The fourth-order valence-corrected chi connectivity index (χ4v) is 3.45. The molecular weight excluding hydrogens is 383 g/mol. The summed E-state index contributed by atoms with van der Waals surface area (Å²) in [7, 11) is 0. The molecule has 1 fully saturated rings. The van der Waals surface area contributed by atoms with Gasteiger partial charge in [-0.1, -0.05) is 47.6 Å². The van der Waals surface area contributed by atoms with Crippen molar-refractivity contribution in [3.63, 3.8) is 0 Å². The zero-order valence-electron chi connectivity index (χ0n) is 12.5. The number of halogens is 2. The highest BCUT2D eigenvalue weighted by Gasteiger charge is 2.34. The summed E-state index contributed by atoms with van der Waals surface area (Å²) in [4.78, 5) is 24.9. The highest BCUT2D eigenvalue weighted by molar-refractivity contribution is 8.26. The van der Waals surface area contributed by atoms with Gasteiger partial charge in [0.05, 0.1) is 4.91 Å². The summed E-state index contributed by atoms with van der Waals surface area (Å²) >= 11 is 12.0. The summed E-state index contributed by atoms with van der Waals surface area (Å²) in [5.41, 5.74) is 3.00. The van der Waals surface area contributed by atoms with Crippen molar-refractivity contribution in [3.8, 4) is 0 Å². The average Bonchev–Trinajstić information content (AvgIpc) is 2.84. The van der Waals surface area contributed by atoms with Crippen LogP contribution in [0.4, 0.5) is 4.39 Å². The number of rotatable bonds is 3. The zero-order valence-corrected chi connectivity index (χ0v) is 14.9. The summed E-state index contributed by atoms with van der Waals surface area (Å²) in [6.07, 6.45) is 1.40. The summed E-state index contributed by atoms with van der Waals surface area (Å²) in [5, 5.41) is 1.37. The van der Waals surface area contributed by atoms with Crippen LogP contribution in [-0.4, -0.2) is 21.1 Å². The standard InChI is InChI=1S/C17H10ClFN2O2S2/c18-12-6-3-5-11(8-12)15(22)20-21-16(23)14(25-17(21)24)9-10-4-1-2-7-13(10)19/h1-9H,(H,20,22)/b14-9+. The van der Waals surface area contributed by atoms with E-state index in [1.807, 2.05) is 0 Å². The number of carbonyl (C=O) groups is 2. The van der Waals surface area contributed by atoms with Crippen molar-refractivity contribution >= 4 is 57.8 Å². The van der Waals surface area contributed by atoms with Gasteiger partial charge >= 0.3 is 0 Å². The third-order valence-electron chi connectivity index (χ3n) is 3.29. The number of nitrogens with zero attached hydrogens (tertiary/aromatic N) is 1. The molecule has 1 aliphatic heterocycles. The number of nitrogens with one attached hydrogen (secondary N) is 1. The Morgan fingerprint density at radius 2 is 2.00 bits per heavy atom. The van der Waals surface area contributed by atoms with Crippen molar-refractivity contribution in [1.29, 1.82) is 0 Å². The van der Waals surface area contributed by atoms with Gasteiger partial charge < -0.3 is 0 Å². The fourth-order valence-electron chi connectivity index (χ4n) is 2.09. The Morgan fingerprint density at radius 3 is 2.72 bits per heavy atom. The van der Waals surface area contributed by atoms with Crippen molar-refractivity contribution in [1.82, 2.24) is 10.4 Å². The maximum atomic E-state index is 13.7. The van der Waals surface area contributed by atoms with E-state index in [4.69, 9.17) is 23.8 Å². The van der Waals surface area contributed by atoms with Crippen molar-refractivity contribution in [2.24, 2.45) is 0 Å². The Kier molecular flexibility index (Phi) is 5.17. The van der Waals surface area contributed by atoms with Crippen LogP contribution in [0.2, 0.25) is 5.02 Å². The maximum absolute atomic E-state index is 13.7. The lowest BCUT2D eigenvalue weighted by Crippen LogP contribution is -2.44. The molecule has 0 radical (unpaired) electrons. The third kappa shape index (κ3) is 3.89.